The first-order chi connectivity index (χ1) is 6.88. The summed E-state index contributed by atoms with van der Waals surface area (Å²) in [6.07, 6.45) is 4.26. The van der Waals surface area contributed by atoms with E-state index in [0.29, 0.717) is 12.2 Å². The lowest BCUT2D eigenvalue weighted by Crippen LogP contribution is -2.46. The minimum absolute atomic E-state index is 0.200. The van der Waals surface area contributed by atoms with Crippen LogP contribution in [0.5, 0.6) is 0 Å². The number of carbonyl (C=O) groups excluding carboxylic acids is 1. The number of ketones is 1. The van der Waals surface area contributed by atoms with Crippen LogP contribution in [0.3, 0.4) is 0 Å². The molecule has 0 aromatic carbocycles. The summed E-state index contributed by atoms with van der Waals surface area (Å²) in [4.78, 5) is 11.5. The topological polar surface area (TPSA) is 37.3 Å². The van der Waals surface area contributed by atoms with Gasteiger partial charge in [-0.2, -0.15) is 0 Å². The summed E-state index contributed by atoms with van der Waals surface area (Å²) in [5.41, 5.74) is -0.377. The fraction of sp³-hybridized carbons (Fsp3) is 0.923. The van der Waals surface area contributed by atoms with Gasteiger partial charge in [0.1, 0.15) is 5.78 Å². The van der Waals surface area contributed by atoms with Crippen molar-refractivity contribution in [3.8, 4) is 0 Å². The van der Waals surface area contributed by atoms with E-state index in [-0.39, 0.29) is 17.3 Å². The molecule has 2 nitrogen and oxygen atoms in total. The number of aliphatic hydroxyl groups is 1. The molecule has 86 valence electrons. The number of hydrogen-bond donors (Lipinski definition) is 1. The molecule has 0 spiro atoms. The molecule has 0 bridgehead atoms. The van der Waals surface area contributed by atoms with Crippen molar-refractivity contribution in [3.63, 3.8) is 0 Å². The summed E-state index contributed by atoms with van der Waals surface area (Å²) in [5, 5.41) is 10.7. The van der Waals surface area contributed by atoms with Gasteiger partial charge in [-0.15, -0.1) is 0 Å². The fourth-order valence-corrected chi connectivity index (χ4v) is 3.61. The molecule has 2 fully saturated rings. The standard InChI is InChI=1S/C13H22O2/c1-9(2)13(15)7-6-12(3)5-4-10(14)8-11(12)13/h9,11,15H,4-8H2,1-3H3/t11-,12+,13-/m1/s1. The molecule has 2 rings (SSSR count). The van der Waals surface area contributed by atoms with Gasteiger partial charge in [0.05, 0.1) is 5.60 Å². The molecule has 0 aromatic heterocycles. The van der Waals surface area contributed by atoms with Crippen molar-refractivity contribution in [2.24, 2.45) is 17.3 Å². The second-order valence-corrected chi connectivity index (χ2v) is 6.10. The molecule has 0 aliphatic heterocycles. The predicted molar refractivity (Wildman–Crippen MR) is 59.5 cm³/mol. The third-order valence-electron chi connectivity index (χ3n) is 4.95. The highest BCUT2D eigenvalue weighted by atomic mass is 16.3. The van der Waals surface area contributed by atoms with Crippen LogP contribution in [0.1, 0.15) is 52.9 Å². The van der Waals surface area contributed by atoms with Gasteiger partial charge < -0.3 is 5.11 Å². The summed E-state index contributed by atoms with van der Waals surface area (Å²) in [7, 11) is 0. The van der Waals surface area contributed by atoms with E-state index in [1.807, 2.05) is 0 Å². The SMILES string of the molecule is CC(C)[C@]1(O)CC[C@]2(C)CCC(=O)C[C@H]21. The Hall–Kier alpha value is -0.370. The average Bonchev–Trinajstić information content (AvgIpc) is 2.43. The highest BCUT2D eigenvalue weighted by Gasteiger charge is 2.56. The third kappa shape index (κ3) is 1.54. The highest BCUT2D eigenvalue weighted by Crippen LogP contribution is 2.57. The molecular formula is C13H22O2. The number of hydrogen-bond acceptors (Lipinski definition) is 2. The number of fused-ring (bicyclic) bond motifs is 1. The smallest absolute Gasteiger partial charge is 0.133 e. The summed E-state index contributed by atoms with van der Waals surface area (Å²) < 4.78 is 0. The van der Waals surface area contributed by atoms with Gasteiger partial charge in [0.25, 0.3) is 0 Å². The van der Waals surface area contributed by atoms with E-state index in [9.17, 15) is 9.90 Å². The van der Waals surface area contributed by atoms with Gasteiger partial charge in [-0.25, -0.2) is 0 Å². The van der Waals surface area contributed by atoms with Crippen LogP contribution in [-0.4, -0.2) is 16.5 Å². The zero-order valence-corrected chi connectivity index (χ0v) is 10.0. The van der Waals surface area contributed by atoms with Gasteiger partial charge in [-0.05, 0) is 30.6 Å². The number of carbonyl (C=O) groups is 1. The van der Waals surface area contributed by atoms with E-state index in [1.165, 1.54) is 0 Å². The lowest BCUT2D eigenvalue weighted by molar-refractivity contribution is -0.132. The fourth-order valence-electron chi connectivity index (χ4n) is 3.61. The summed E-state index contributed by atoms with van der Waals surface area (Å²) in [5.74, 6) is 0.805. The van der Waals surface area contributed by atoms with Crippen molar-refractivity contribution in [2.45, 2.75) is 58.5 Å². The highest BCUT2D eigenvalue weighted by molar-refractivity contribution is 5.80. The number of rotatable bonds is 1. The predicted octanol–water partition coefficient (Wildman–Crippen LogP) is 2.54. The van der Waals surface area contributed by atoms with Crippen molar-refractivity contribution in [2.75, 3.05) is 0 Å². The third-order valence-corrected chi connectivity index (χ3v) is 4.95. The van der Waals surface area contributed by atoms with E-state index in [0.717, 1.165) is 25.7 Å². The van der Waals surface area contributed by atoms with E-state index in [4.69, 9.17) is 0 Å². The Morgan fingerprint density at radius 1 is 1.33 bits per heavy atom. The average molecular weight is 210 g/mol. The van der Waals surface area contributed by atoms with Crippen LogP contribution in [0.4, 0.5) is 0 Å². The van der Waals surface area contributed by atoms with Crippen molar-refractivity contribution >= 4 is 5.78 Å². The van der Waals surface area contributed by atoms with Gasteiger partial charge in [0, 0.05) is 18.8 Å². The summed E-state index contributed by atoms with van der Waals surface area (Å²) in [6.45, 7) is 6.40. The first-order valence-corrected chi connectivity index (χ1v) is 6.12. The minimum Gasteiger partial charge on any atom is -0.389 e. The molecule has 3 atom stereocenters. The van der Waals surface area contributed by atoms with Crippen LogP contribution in [0.15, 0.2) is 0 Å². The maximum Gasteiger partial charge on any atom is 0.133 e. The largest absolute Gasteiger partial charge is 0.389 e. The molecule has 2 aliphatic rings. The molecule has 0 unspecified atom stereocenters. The lowest BCUT2D eigenvalue weighted by Gasteiger charge is -2.43. The maximum absolute atomic E-state index is 11.5. The quantitative estimate of drug-likeness (QED) is 0.722. The Bertz CT molecular complexity index is 284. The van der Waals surface area contributed by atoms with Crippen LogP contribution in [0.2, 0.25) is 0 Å². The Balaban J connectivity index is 2.29. The Morgan fingerprint density at radius 2 is 2.00 bits per heavy atom. The van der Waals surface area contributed by atoms with Gasteiger partial charge in [0.2, 0.25) is 0 Å². The lowest BCUT2D eigenvalue weighted by atomic mass is 9.64. The van der Waals surface area contributed by atoms with Gasteiger partial charge in [-0.1, -0.05) is 20.8 Å². The normalized spacial score (nSPS) is 45.9. The van der Waals surface area contributed by atoms with Gasteiger partial charge in [-0.3, -0.25) is 4.79 Å². The van der Waals surface area contributed by atoms with Crippen LogP contribution in [-0.2, 0) is 4.79 Å². The van der Waals surface area contributed by atoms with Crippen LogP contribution in [0, 0.1) is 17.3 Å². The van der Waals surface area contributed by atoms with E-state index < -0.39 is 5.60 Å². The maximum atomic E-state index is 11.5. The van der Waals surface area contributed by atoms with E-state index >= 15 is 0 Å². The summed E-state index contributed by atoms with van der Waals surface area (Å²) >= 11 is 0. The van der Waals surface area contributed by atoms with Crippen LogP contribution >= 0.6 is 0 Å². The first kappa shape index (κ1) is 11.1. The monoisotopic (exact) mass is 210 g/mol. The second kappa shape index (κ2) is 3.31. The minimum atomic E-state index is -0.592. The molecule has 0 radical (unpaired) electrons. The molecule has 2 aliphatic carbocycles. The van der Waals surface area contributed by atoms with E-state index in [2.05, 4.69) is 20.8 Å². The zero-order chi connectivity index (χ0) is 11.3. The summed E-state index contributed by atoms with van der Waals surface area (Å²) in [6, 6.07) is 0. The Labute approximate surface area is 92.1 Å². The van der Waals surface area contributed by atoms with Gasteiger partial charge in [0.15, 0.2) is 0 Å². The molecule has 2 heteroatoms. The molecule has 1 N–H and O–H groups in total. The van der Waals surface area contributed by atoms with Crippen molar-refractivity contribution < 1.29 is 9.90 Å². The molecular weight excluding hydrogens is 188 g/mol. The molecule has 0 saturated heterocycles. The molecule has 0 amide bonds. The van der Waals surface area contributed by atoms with Crippen LogP contribution in [0.25, 0.3) is 0 Å². The number of Topliss-reactive ketones (excluding diaryl/α,β-unsaturated/α-hetero) is 1. The van der Waals surface area contributed by atoms with Crippen molar-refractivity contribution in [1.29, 1.82) is 0 Å². The van der Waals surface area contributed by atoms with Crippen LogP contribution < -0.4 is 0 Å². The first-order valence-electron chi connectivity index (χ1n) is 6.12. The Morgan fingerprint density at radius 3 is 2.60 bits per heavy atom. The van der Waals surface area contributed by atoms with E-state index in [1.54, 1.807) is 0 Å². The molecule has 0 heterocycles. The van der Waals surface area contributed by atoms with Crippen molar-refractivity contribution in [3.05, 3.63) is 0 Å². The molecule has 0 aromatic rings. The second-order valence-electron chi connectivity index (χ2n) is 6.10. The van der Waals surface area contributed by atoms with Crippen molar-refractivity contribution in [1.82, 2.24) is 0 Å². The molecule has 15 heavy (non-hydrogen) atoms. The zero-order valence-electron chi connectivity index (χ0n) is 10.0. The molecule has 2 saturated carbocycles. The van der Waals surface area contributed by atoms with Gasteiger partial charge >= 0.3 is 0 Å². The Kier molecular flexibility index (Phi) is 2.45.